The summed E-state index contributed by atoms with van der Waals surface area (Å²) in [5.41, 5.74) is -1.10. The van der Waals surface area contributed by atoms with Gasteiger partial charge >= 0.3 is 6.18 Å². The molecule has 1 aliphatic rings. The quantitative estimate of drug-likeness (QED) is 0.863. The summed E-state index contributed by atoms with van der Waals surface area (Å²) in [4.78, 5) is 13.6. The first kappa shape index (κ1) is 16.1. The van der Waals surface area contributed by atoms with Crippen molar-refractivity contribution in [3.05, 3.63) is 34.3 Å². The molecule has 1 aliphatic heterocycles. The summed E-state index contributed by atoms with van der Waals surface area (Å²) in [6.45, 7) is 2.42. The van der Waals surface area contributed by atoms with Gasteiger partial charge in [0.25, 0.3) is 5.91 Å². The molecule has 1 amide bonds. The number of nitrogens with zero attached hydrogens (tertiary/aromatic N) is 1. The first-order chi connectivity index (χ1) is 9.70. The van der Waals surface area contributed by atoms with E-state index in [1.165, 1.54) is 11.0 Å². The SMILES string of the molecule is CC1CCN(C(=O)c2ccc(Cl)c(C(F)(F)F)c2)CC1O. The van der Waals surface area contributed by atoms with Gasteiger partial charge in [0.05, 0.1) is 16.7 Å². The van der Waals surface area contributed by atoms with E-state index in [0.29, 0.717) is 13.0 Å². The van der Waals surface area contributed by atoms with Gasteiger partial charge in [0.15, 0.2) is 0 Å². The zero-order valence-corrected chi connectivity index (χ0v) is 12.1. The highest BCUT2D eigenvalue weighted by molar-refractivity contribution is 6.31. The topological polar surface area (TPSA) is 40.5 Å². The van der Waals surface area contributed by atoms with E-state index >= 15 is 0 Å². The summed E-state index contributed by atoms with van der Waals surface area (Å²) in [5.74, 6) is -0.451. The highest BCUT2D eigenvalue weighted by Crippen LogP contribution is 2.35. The minimum atomic E-state index is -4.61. The molecule has 0 saturated carbocycles. The van der Waals surface area contributed by atoms with Crippen molar-refractivity contribution in [2.24, 2.45) is 5.92 Å². The molecule has 0 aromatic heterocycles. The molecule has 0 spiro atoms. The number of hydrogen-bond acceptors (Lipinski definition) is 2. The molecule has 7 heteroatoms. The van der Waals surface area contributed by atoms with Crippen molar-refractivity contribution in [2.45, 2.75) is 25.6 Å². The van der Waals surface area contributed by atoms with Crippen LogP contribution in [0.25, 0.3) is 0 Å². The van der Waals surface area contributed by atoms with Crippen LogP contribution < -0.4 is 0 Å². The molecule has 2 unspecified atom stereocenters. The van der Waals surface area contributed by atoms with Crippen molar-refractivity contribution in [3.63, 3.8) is 0 Å². The van der Waals surface area contributed by atoms with Crippen LogP contribution in [0.4, 0.5) is 13.2 Å². The monoisotopic (exact) mass is 321 g/mol. The van der Waals surface area contributed by atoms with Crippen LogP contribution in [0.2, 0.25) is 5.02 Å². The second kappa shape index (κ2) is 5.85. The zero-order chi connectivity index (χ0) is 15.8. The van der Waals surface area contributed by atoms with Crippen LogP contribution in [0.15, 0.2) is 18.2 Å². The van der Waals surface area contributed by atoms with Crippen molar-refractivity contribution < 1.29 is 23.1 Å². The molecular weight excluding hydrogens is 307 g/mol. The Balaban J connectivity index is 2.24. The predicted molar refractivity (Wildman–Crippen MR) is 72.1 cm³/mol. The number of β-amino-alcohol motifs (C(OH)–C–C–N with tert-alkyl or cyclic N) is 1. The lowest BCUT2D eigenvalue weighted by Crippen LogP contribution is -2.45. The highest BCUT2D eigenvalue weighted by Gasteiger charge is 2.35. The lowest BCUT2D eigenvalue weighted by Gasteiger charge is -2.34. The minimum absolute atomic E-state index is 0.0741. The van der Waals surface area contributed by atoms with Gasteiger partial charge in [0.2, 0.25) is 0 Å². The average molecular weight is 322 g/mol. The molecular formula is C14H15ClF3NO2. The van der Waals surface area contributed by atoms with Crippen LogP contribution in [-0.4, -0.2) is 35.1 Å². The number of carbonyl (C=O) groups excluding carboxylic acids is 1. The number of rotatable bonds is 1. The van der Waals surface area contributed by atoms with Gasteiger partial charge in [-0.3, -0.25) is 4.79 Å². The second-order valence-corrected chi connectivity index (χ2v) is 5.68. The molecule has 1 heterocycles. The van der Waals surface area contributed by atoms with Crippen LogP contribution in [0.1, 0.15) is 29.3 Å². The normalized spacial score (nSPS) is 23.2. The summed E-state index contributed by atoms with van der Waals surface area (Å²) in [5, 5.41) is 9.34. The van der Waals surface area contributed by atoms with Gasteiger partial charge in [-0.15, -0.1) is 0 Å². The summed E-state index contributed by atoms with van der Waals surface area (Å²) in [6, 6.07) is 3.10. The van der Waals surface area contributed by atoms with Crippen molar-refractivity contribution in [2.75, 3.05) is 13.1 Å². The zero-order valence-electron chi connectivity index (χ0n) is 11.3. The van der Waals surface area contributed by atoms with Crippen LogP contribution in [0.3, 0.4) is 0 Å². The Morgan fingerprint density at radius 1 is 1.43 bits per heavy atom. The fraction of sp³-hybridized carbons (Fsp3) is 0.500. The number of aliphatic hydroxyl groups is 1. The van der Waals surface area contributed by atoms with Gasteiger partial charge < -0.3 is 10.0 Å². The largest absolute Gasteiger partial charge is 0.417 e. The lowest BCUT2D eigenvalue weighted by molar-refractivity contribution is -0.137. The molecule has 1 aromatic carbocycles. The van der Waals surface area contributed by atoms with Crippen molar-refractivity contribution >= 4 is 17.5 Å². The number of likely N-dealkylation sites (tertiary alicyclic amines) is 1. The third-order valence-corrected chi connectivity index (χ3v) is 4.05. The van der Waals surface area contributed by atoms with Crippen LogP contribution in [-0.2, 0) is 6.18 Å². The Kier molecular flexibility index (Phi) is 4.49. The maximum atomic E-state index is 12.8. The number of piperidine rings is 1. The Morgan fingerprint density at radius 3 is 2.67 bits per heavy atom. The molecule has 116 valence electrons. The fourth-order valence-electron chi connectivity index (χ4n) is 2.29. The van der Waals surface area contributed by atoms with Gasteiger partial charge in [-0.25, -0.2) is 0 Å². The smallest absolute Gasteiger partial charge is 0.391 e. The molecule has 3 nitrogen and oxygen atoms in total. The molecule has 21 heavy (non-hydrogen) atoms. The number of benzene rings is 1. The van der Waals surface area contributed by atoms with E-state index in [1.807, 2.05) is 6.92 Å². The average Bonchev–Trinajstić information content (AvgIpc) is 2.40. The Morgan fingerprint density at radius 2 is 2.10 bits per heavy atom. The Hall–Kier alpha value is -1.27. The van der Waals surface area contributed by atoms with E-state index in [0.717, 1.165) is 12.1 Å². The van der Waals surface area contributed by atoms with Gasteiger partial charge in [-0.1, -0.05) is 18.5 Å². The lowest BCUT2D eigenvalue weighted by atomic mass is 9.95. The molecule has 1 N–H and O–H groups in total. The molecule has 1 saturated heterocycles. The van der Waals surface area contributed by atoms with Crippen molar-refractivity contribution in [3.8, 4) is 0 Å². The second-order valence-electron chi connectivity index (χ2n) is 5.28. The molecule has 0 radical (unpaired) electrons. The number of aliphatic hydroxyl groups excluding tert-OH is 1. The molecule has 1 aromatic rings. The minimum Gasteiger partial charge on any atom is -0.391 e. The van der Waals surface area contributed by atoms with Gasteiger partial charge in [0, 0.05) is 18.7 Å². The standard InChI is InChI=1S/C14H15ClF3NO2/c1-8-4-5-19(7-12(8)20)13(21)9-2-3-11(15)10(6-9)14(16,17)18/h2-3,6,8,12,20H,4-5,7H2,1H3. The summed E-state index contributed by atoms with van der Waals surface area (Å²) < 4.78 is 38.4. The van der Waals surface area contributed by atoms with E-state index in [1.54, 1.807) is 0 Å². The summed E-state index contributed by atoms with van der Waals surface area (Å²) >= 11 is 5.53. The number of halogens is 4. The number of alkyl halides is 3. The molecule has 1 fully saturated rings. The number of hydrogen-bond donors (Lipinski definition) is 1. The van der Waals surface area contributed by atoms with Gasteiger partial charge in [-0.2, -0.15) is 13.2 Å². The predicted octanol–water partition coefficient (Wildman–Crippen LogP) is 3.20. The van der Waals surface area contributed by atoms with E-state index in [9.17, 15) is 23.1 Å². The Labute approximate surface area is 125 Å². The molecule has 0 bridgehead atoms. The summed E-state index contributed by atoms with van der Waals surface area (Å²) in [6.07, 6.45) is -4.65. The van der Waals surface area contributed by atoms with Gasteiger partial charge in [-0.05, 0) is 30.5 Å². The number of carbonyl (C=O) groups is 1. The van der Waals surface area contributed by atoms with Crippen LogP contribution in [0, 0.1) is 5.92 Å². The van der Waals surface area contributed by atoms with Crippen molar-refractivity contribution in [1.29, 1.82) is 0 Å². The third-order valence-electron chi connectivity index (χ3n) is 3.72. The summed E-state index contributed by atoms with van der Waals surface area (Å²) in [7, 11) is 0. The van der Waals surface area contributed by atoms with Crippen molar-refractivity contribution in [1.82, 2.24) is 4.90 Å². The van der Waals surface area contributed by atoms with Gasteiger partial charge in [0.1, 0.15) is 0 Å². The number of amides is 1. The Bertz CT molecular complexity index is 548. The van der Waals surface area contributed by atoms with Crippen LogP contribution >= 0.6 is 11.6 Å². The van der Waals surface area contributed by atoms with E-state index in [2.05, 4.69) is 0 Å². The molecule has 2 atom stereocenters. The maximum Gasteiger partial charge on any atom is 0.417 e. The first-order valence-electron chi connectivity index (χ1n) is 6.54. The fourth-order valence-corrected chi connectivity index (χ4v) is 2.52. The van der Waals surface area contributed by atoms with Crippen LogP contribution in [0.5, 0.6) is 0 Å². The van der Waals surface area contributed by atoms with E-state index < -0.39 is 28.8 Å². The van der Waals surface area contributed by atoms with E-state index in [4.69, 9.17) is 11.6 Å². The highest BCUT2D eigenvalue weighted by atomic mass is 35.5. The molecule has 2 rings (SSSR count). The first-order valence-corrected chi connectivity index (χ1v) is 6.92. The maximum absolute atomic E-state index is 12.8. The third kappa shape index (κ3) is 3.49. The van der Waals surface area contributed by atoms with E-state index in [-0.39, 0.29) is 18.0 Å². The molecule has 0 aliphatic carbocycles.